The molecular weight excluding hydrogens is 392 g/mol. The highest BCUT2D eigenvalue weighted by atomic mass is 16.7. The van der Waals surface area contributed by atoms with Gasteiger partial charge in [-0.05, 0) is 39.0 Å². The average molecular weight is 433 g/mol. The van der Waals surface area contributed by atoms with Gasteiger partial charge in [-0.2, -0.15) is 0 Å². The monoisotopic (exact) mass is 432 g/mol. The fourth-order valence-corrected chi connectivity index (χ4v) is 2.87. The molecule has 0 N–H and O–H groups in total. The molecule has 0 radical (unpaired) electrons. The maximum Gasteiger partial charge on any atom is 0.508 e. The van der Waals surface area contributed by atoms with Crippen molar-refractivity contribution in [2.75, 3.05) is 33.5 Å². The number of rotatable bonds is 19. The van der Waals surface area contributed by atoms with Gasteiger partial charge in [0.2, 0.25) is 0 Å². The van der Waals surface area contributed by atoms with Crippen LogP contribution in [0.2, 0.25) is 0 Å². The number of unbranched alkanes of at least 4 members (excludes halogenated alkanes) is 4. The summed E-state index contributed by atoms with van der Waals surface area (Å²) in [6, 6.07) is 0. The van der Waals surface area contributed by atoms with Crippen LogP contribution in [0.4, 0.5) is 4.79 Å². The molecule has 0 amide bonds. The lowest BCUT2D eigenvalue weighted by Crippen LogP contribution is -2.38. The van der Waals surface area contributed by atoms with Gasteiger partial charge >= 0.3 is 12.1 Å². The van der Waals surface area contributed by atoms with E-state index in [4.69, 9.17) is 23.7 Å². The molecule has 8 nitrogen and oxygen atoms in total. The van der Waals surface area contributed by atoms with Crippen molar-refractivity contribution in [3.63, 3.8) is 0 Å². The summed E-state index contributed by atoms with van der Waals surface area (Å²) in [7, 11) is 1.47. The Kier molecular flexibility index (Phi) is 16.9. The summed E-state index contributed by atoms with van der Waals surface area (Å²) in [4.78, 5) is 34.4. The summed E-state index contributed by atoms with van der Waals surface area (Å²) in [5.74, 6) is -0.476. The topological polar surface area (TPSA) is 97.4 Å². The molecule has 0 aliphatic carbocycles. The van der Waals surface area contributed by atoms with Crippen molar-refractivity contribution >= 4 is 18.6 Å². The number of carbonyl (C=O) groups is 3. The Balaban J connectivity index is 3.99. The summed E-state index contributed by atoms with van der Waals surface area (Å²) < 4.78 is 25.6. The van der Waals surface area contributed by atoms with Gasteiger partial charge in [-0.1, -0.05) is 39.5 Å². The van der Waals surface area contributed by atoms with Crippen molar-refractivity contribution in [2.24, 2.45) is 5.41 Å². The zero-order chi connectivity index (χ0) is 22.7. The number of methoxy groups -OCH3 is 1. The van der Waals surface area contributed by atoms with E-state index in [-0.39, 0.29) is 32.5 Å². The summed E-state index contributed by atoms with van der Waals surface area (Å²) in [6.45, 7) is 6.64. The zero-order valence-corrected chi connectivity index (χ0v) is 19.1. The lowest BCUT2D eigenvalue weighted by molar-refractivity contribution is -0.163. The first-order valence-corrected chi connectivity index (χ1v) is 11.0. The number of esters is 1. The highest BCUT2D eigenvalue weighted by Gasteiger charge is 2.36. The number of hydrogen-bond acceptors (Lipinski definition) is 8. The molecule has 0 spiro atoms. The van der Waals surface area contributed by atoms with Crippen molar-refractivity contribution in [3.8, 4) is 0 Å². The molecule has 0 fully saturated rings. The van der Waals surface area contributed by atoms with E-state index in [0.29, 0.717) is 19.3 Å². The van der Waals surface area contributed by atoms with Crippen LogP contribution in [-0.4, -0.2) is 58.2 Å². The fraction of sp³-hybridized carbons (Fsp3) is 0.864. The minimum absolute atomic E-state index is 0.0681. The molecule has 0 aliphatic heterocycles. The van der Waals surface area contributed by atoms with Gasteiger partial charge in [-0.3, -0.25) is 9.59 Å². The van der Waals surface area contributed by atoms with Gasteiger partial charge in [0, 0.05) is 7.11 Å². The van der Waals surface area contributed by atoms with Crippen LogP contribution >= 0.6 is 0 Å². The van der Waals surface area contributed by atoms with Crippen molar-refractivity contribution in [1.29, 1.82) is 0 Å². The van der Waals surface area contributed by atoms with Crippen molar-refractivity contribution in [2.45, 2.75) is 84.7 Å². The normalized spacial score (nSPS) is 12.8. The van der Waals surface area contributed by atoms with E-state index < -0.39 is 17.5 Å². The fourth-order valence-electron chi connectivity index (χ4n) is 2.87. The quantitative estimate of drug-likeness (QED) is 0.128. The minimum atomic E-state index is -1.03. The molecule has 0 aromatic heterocycles. The lowest BCUT2D eigenvalue weighted by Gasteiger charge is -2.25. The molecule has 176 valence electrons. The Morgan fingerprint density at radius 2 is 1.50 bits per heavy atom. The van der Waals surface area contributed by atoms with Crippen LogP contribution < -0.4 is 0 Å². The maximum atomic E-state index is 12.2. The Labute approximate surface area is 180 Å². The van der Waals surface area contributed by atoms with E-state index in [0.717, 1.165) is 44.9 Å². The van der Waals surface area contributed by atoms with Gasteiger partial charge in [0.25, 0.3) is 6.47 Å². The van der Waals surface area contributed by atoms with Gasteiger partial charge in [0.15, 0.2) is 0 Å². The van der Waals surface area contributed by atoms with Crippen molar-refractivity contribution in [1.82, 2.24) is 0 Å². The Morgan fingerprint density at radius 3 is 2.03 bits per heavy atom. The average Bonchev–Trinajstić information content (AvgIpc) is 2.73. The lowest BCUT2D eigenvalue weighted by atomic mass is 9.93. The first-order valence-electron chi connectivity index (χ1n) is 11.0. The first-order chi connectivity index (χ1) is 14.4. The second kappa shape index (κ2) is 18.0. The van der Waals surface area contributed by atoms with Crippen LogP contribution in [0.25, 0.3) is 0 Å². The van der Waals surface area contributed by atoms with Crippen molar-refractivity contribution in [3.05, 3.63) is 0 Å². The summed E-state index contributed by atoms with van der Waals surface area (Å²) in [5.41, 5.74) is -1.03. The molecule has 0 aliphatic rings. The number of hydrogen-bond donors (Lipinski definition) is 0. The third-order valence-corrected chi connectivity index (χ3v) is 4.69. The molecule has 0 aromatic carbocycles. The van der Waals surface area contributed by atoms with E-state index in [2.05, 4.69) is 13.8 Å². The van der Waals surface area contributed by atoms with Crippen LogP contribution in [0.3, 0.4) is 0 Å². The SMILES string of the molecule is CCCCC(CCCC)OC(=O)OCCCCCOC(=O)C(C)(COC)COC=O. The van der Waals surface area contributed by atoms with Gasteiger partial charge in [-0.25, -0.2) is 4.79 Å². The van der Waals surface area contributed by atoms with E-state index in [1.54, 1.807) is 6.92 Å². The Morgan fingerprint density at radius 1 is 0.900 bits per heavy atom. The third kappa shape index (κ3) is 13.4. The summed E-state index contributed by atoms with van der Waals surface area (Å²) >= 11 is 0. The molecule has 8 heteroatoms. The molecular formula is C22H40O8. The zero-order valence-electron chi connectivity index (χ0n) is 19.1. The van der Waals surface area contributed by atoms with Gasteiger partial charge in [-0.15, -0.1) is 0 Å². The standard InChI is InChI=1S/C22H40O8/c1-5-7-12-19(13-8-6-2)30-21(25)29-15-11-9-10-14-28-20(24)22(3,16-26-4)17-27-18-23/h18-19H,5-17H2,1-4H3. The van der Waals surface area contributed by atoms with E-state index in [1.807, 2.05) is 0 Å². The molecule has 0 saturated heterocycles. The maximum absolute atomic E-state index is 12.2. The molecule has 30 heavy (non-hydrogen) atoms. The summed E-state index contributed by atoms with van der Waals surface area (Å²) in [5, 5.41) is 0. The molecule has 0 bridgehead atoms. The van der Waals surface area contributed by atoms with Crippen LogP contribution in [0.1, 0.15) is 78.6 Å². The van der Waals surface area contributed by atoms with E-state index in [9.17, 15) is 14.4 Å². The van der Waals surface area contributed by atoms with Crippen LogP contribution in [-0.2, 0) is 33.3 Å². The third-order valence-electron chi connectivity index (χ3n) is 4.69. The van der Waals surface area contributed by atoms with E-state index in [1.165, 1.54) is 7.11 Å². The highest BCUT2D eigenvalue weighted by molar-refractivity contribution is 5.77. The molecule has 1 unspecified atom stereocenters. The molecule has 0 heterocycles. The van der Waals surface area contributed by atoms with Gasteiger partial charge < -0.3 is 23.7 Å². The molecule has 0 saturated carbocycles. The molecule has 0 aromatic rings. The Bertz CT molecular complexity index is 460. The number of ether oxygens (including phenoxy) is 5. The van der Waals surface area contributed by atoms with Gasteiger partial charge in [0.1, 0.15) is 18.1 Å². The van der Waals surface area contributed by atoms with Crippen molar-refractivity contribution < 1.29 is 38.1 Å². The van der Waals surface area contributed by atoms with E-state index >= 15 is 0 Å². The highest BCUT2D eigenvalue weighted by Crippen LogP contribution is 2.20. The second-order valence-corrected chi connectivity index (χ2v) is 7.72. The predicted molar refractivity (Wildman–Crippen MR) is 112 cm³/mol. The smallest absolute Gasteiger partial charge is 0.467 e. The second-order valence-electron chi connectivity index (χ2n) is 7.72. The molecule has 1 atom stereocenters. The largest absolute Gasteiger partial charge is 0.508 e. The summed E-state index contributed by atoms with van der Waals surface area (Å²) in [6.07, 6.45) is 7.30. The molecule has 0 rings (SSSR count). The van der Waals surface area contributed by atoms with Crippen LogP contribution in [0.15, 0.2) is 0 Å². The minimum Gasteiger partial charge on any atom is -0.467 e. The van der Waals surface area contributed by atoms with Crippen LogP contribution in [0.5, 0.6) is 0 Å². The van der Waals surface area contributed by atoms with Gasteiger partial charge in [0.05, 0.1) is 19.8 Å². The predicted octanol–water partition coefficient (Wildman–Crippen LogP) is 4.43. The van der Waals surface area contributed by atoms with Crippen LogP contribution in [0, 0.1) is 5.41 Å². The number of carbonyl (C=O) groups excluding carboxylic acids is 3. The first kappa shape index (κ1) is 28.2. The Hall–Kier alpha value is -1.83.